The summed E-state index contributed by atoms with van der Waals surface area (Å²) >= 11 is 0. The van der Waals surface area contributed by atoms with E-state index in [1.54, 1.807) is 0 Å². The van der Waals surface area contributed by atoms with Gasteiger partial charge in [0.15, 0.2) is 0 Å². The molecule has 0 saturated heterocycles. The van der Waals surface area contributed by atoms with E-state index in [0.29, 0.717) is 6.04 Å². The molecular weight excluding hydrogens is 232 g/mol. The van der Waals surface area contributed by atoms with Crippen molar-refractivity contribution in [2.24, 2.45) is 11.7 Å². The number of aryl methyl sites for hydroxylation is 1. The highest BCUT2D eigenvalue weighted by Gasteiger charge is 2.32. The number of nitrogens with two attached hydrogens (primary N) is 1. The van der Waals surface area contributed by atoms with Gasteiger partial charge >= 0.3 is 0 Å². The first-order chi connectivity index (χ1) is 7.72. The fourth-order valence-electron chi connectivity index (χ4n) is 2.39. The highest BCUT2D eigenvalue weighted by Crippen LogP contribution is 2.35. The van der Waals surface area contributed by atoms with E-state index in [9.17, 15) is 0 Å². The van der Waals surface area contributed by atoms with Crippen LogP contribution in [0.15, 0.2) is 24.3 Å². The SMILES string of the molecule is Cc1ccccc1CN(C)C(CN)C1CC1.Cl. The van der Waals surface area contributed by atoms with E-state index >= 15 is 0 Å². The lowest BCUT2D eigenvalue weighted by Gasteiger charge is -2.27. The van der Waals surface area contributed by atoms with Crippen molar-refractivity contribution in [3.63, 3.8) is 0 Å². The van der Waals surface area contributed by atoms with Gasteiger partial charge in [-0.1, -0.05) is 24.3 Å². The lowest BCUT2D eigenvalue weighted by atomic mass is 10.1. The Bertz CT molecular complexity index is 350. The zero-order valence-corrected chi connectivity index (χ0v) is 11.5. The Morgan fingerprint density at radius 3 is 2.53 bits per heavy atom. The van der Waals surface area contributed by atoms with Gasteiger partial charge in [0, 0.05) is 19.1 Å². The lowest BCUT2D eigenvalue weighted by Crippen LogP contribution is -2.39. The number of benzene rings is 1. The van der Waals surface area contributed by atoms with Crippen molar-refractivity contribution >= 4 is 12.4 Å². The van der Waals surface area contributed by atoms with Crippen LogP contribution >= 0.6 is 12.4 Å². The molecule has 2 N–H and O–H groups in total. The average molecular weight is 255 g/mol. The van der Waals surface area contributed by atoms with Crippen molar-refractivity contribution in [3.8, 4) is 0 Å². The Hall–Kier alpha value is -0.570. The quantitative estimate of drug-likeness (QED) is 0.875. The topological polar surface area (TPSA) is 29.3 Å². The predicted molar refractivity (Wildman–Crippen MR) is 75.5 cm³/mol. The summed E-state index contributed by atoms with van der Waals surface area (Å²) in [5.41, 5.74) is 8.66. The molecule has 0 radical (unpaired) electrons. The first-order valence-corrected chi connectivity index (χ1v) is 6.17. The third-order valence-corrected chi connectivity index (χ3v) is 3.65. The van der Waals surface area contributed by atoms with Crippen LogP contribution < -0.4 is 5.73 Å². The van der Waals surface area contributed by atoms with Crippen molar-refractivity contribution in [1.82, 2.24) is 4.90 Å². The number of likely N-dealkylation sites (N-methyl/N-ethyl adjacent to an activating group) is 1. The van der Waals surface area contributed by atoms with Crippen molar-refractivity contribution in [2.75, 3.05) is 13.6 Å². The Kier molecular flexibility index (Phi) is 5.44. The maximum atomic E-state index is 5.86. The molecule has 96 valence electrons. The smallest absolute Gasteiger partial charge is 0.0247 e. The molecule has 1 aliphatic rings. The Morgan fingerprint density at radius 1 is 1.35 bits per heavy atom. The van der Waals surface area contributed by atoms with Crippen LogP contribution in [-0.4, -0.2) is 24.5 Å². The molecule has 0 spiro atoms. The normalized spacial score (nSPS) is 16.7. The van der Waals surface area contributed by atoms with Crippen LogP contribution in [0.1, 0.15) is 24.0 Å². The summed E-state index contributed by atoms with van der Waals surface area (Å²) in [6, 6.07) is 9.18. The van der Waals surface area contributed by atoms with Crippen LogP contribution in [0.2, 0.25) is 0 Å². The summed E-state index contributed by atoms with van der Waals surface area (Å²) in [5, 5.41) is 0. The monoisotopic (exact) mass is 254 g/mol. The first kappa shape index (κ1) is 14.5. The van der Waals surface area contributed by atoms with Gasteiger partial charge in [-0.05, 0) is 43.9 Å². The maximum Gasteiger partial charge on any atom is 0.0247 e. The number of hydrogen-bond donors (Lipinski definition) is 1. The molecule has 0 bridgehead atoms. The van der Waals surface area contributed by atoms with E-state index in [1.165, 1.54) is 24.0 Å². The van der Waals surface area contributed by atoms with Gasteiger partial charge < -0.3 is 5.73 Å². The van der Waals surface area contributed by atoms with Crippen LogP contribution in [-0.2, 0) is 6.54 Å². The van der Waals surface area contributed by atoms with Gasteiger partial charge in [0.1, 0.15) is 0 Å². The maximum absolute atomic E-state index is 5.86. The van der Waals surface area contributed by atoms with Gasteiger partial charge in [-0.25, -0.2) is 0 Å². The number of halogens is 1. The molecule has 3 heteroatoms. The Balaban J connectivity index is 0.00000144. The van der Waals surface area contributed by atoms with Crippen LogP contribution in [0.5, 0.6) is 0 Å². The van der Waals surface area contributed by atoms with Crippen molar-refractivity contribution < 1.29 is 0 Å². The zero-order valence-electron chi connectivity index (χ0n) is 10.7. The second-order valence-corrected chi connectivity index (χ2v) is 4.98. The van der Waals surface area contributed by atoms with E-state index in [-0.39, 0.29) is 12.4 Å². The summed E-state index contributed by atoms with van der Waals surface area (Å²) in [6.45, 7) is 3.98. The number of hydrogen-bond acceptors (Lipinski definition) is 2. The number of nitrogens with zero attached hydrogens (tertiary/aromatic N) is 1. The Labute approximate surface area is 111 Å². The molecule has 0 aromatic heterocycles. The molecule has 1 aromatic carbocycles. The van der Waals surface area contributed by atoms with Crippen molar-refractivity contribution in [1.29, 1.82) is 0 Å². The molecule has 1 saturated carbocycles. The molecule has 0 heterocycles. The molecule has 1 atom stereocenters. The summed E-state index contributed by atoms with van der Waals surface area (Å²) in [7, 11) is 2.20. The first-order valence-electron chi connectivity index (χ1n) is 6.17. The van der Waals surface area contributed by atoms with Crippen LogP contribution in [0, 0.1) is 12.8 Å². The minimum atomic E-state index is 0. The van der Waals surface area contributed by atoms with E-state index in [0.717, 1.165) is 19.0 Å². The van der Waals surface area contributed by atoms with Crippen molar-refractivity contribution in [2.45, 2.75) is 32.4 Å². The Morgan fingerprint density at radius 2 is 2.00 bits per heavy atom. The van der Waals surface area contributed by atoms with E-state index in [1.807, 2.05) is 0 Å². The molecule has 1 unspecified atom stereocenters. The second-order valence-electron chi connectivity index (χ2n) is 4.98. The summed E-state index contributed by atoms with van der Waals surface area (Å²) in [6.07, 6.45) is 2.72. The lowest BCUT2D eigenvalue weighted by molar-refractivity contribution is 0.215. The number of rotatable bonds is 5. The summed E-state index contributed by atoms with van der Waals surface area (Å²) < 4.78 is 0. The fourth-order valence-corrected chi connectivity index (χ4v) is 2.39. The van der Waals surface area contributed by atoms with Gasteiger partial charge in [0.05, 0.1) is 0 Å². The van der Waals surface area contributed by atoms with Crippen molar-refractivity contribution in [3.05, 3.63) is 35.4 Å². The molecule has 0 amide bonds. The predicted octanol–water partition coefficient (Wildman–Crippen LogP) is 2.59. The summed E-state index contributed by atoms with van der Waals surface area (Å²) in [5.74, 6) is 0.846. The molecule has 1 aromatic rings. The molecule has 2 rings (SSSR count). The van der Waals surface area contributed by atoms with Gasteiger partial charge in [-0.2, -0.15) is 0 Å². The standard InChI is InChI=1S/C14H22N2.ClH/c1-11-5-3-4-6-13(11)10-16(2)14(9-15)12-7-8-12;/h3-6,12,14H,7-10,15H2,1-2H3;1H. The molecule has 1 aliphatic carbocycles. The van der Waals surface area contributed by atoms with E-state index in [2.05, 4.69) is 43.1 Å². The third kappa shape index (κ3) is 3.70. The van der Waals surface area contributed by atoms with Crippen LogP contribution in [0.3, 0.4) is 0 Å². The zero-order chi connectivity index (χ0) is 11.5. The highest BCUT2D eigenvalue weighted by molar-refractivity contribution is 5.85. The minimum absolute atomic E-state index is 0. The van der Waals surface area contributed by atoms with Gasteiger partial charge in [0.25, 0.3) is 0 Å². The molecule has 2 nitrogen and oxygen atoms in total. The second kappa shape index (κ2) is 6.39. The average Bonchev–Trinajstić information content (AvgIpc) is 3.07. The largest absolute Gasteiger partial charge is 0.329 e. The fraction of sp³-hybridized carbons (Fsp3) is 0.571. The molecule has 17 heavy (non-hydrogen) atoms. The molecule has 0 aliphatic heterocycles. The van der Waals surface area contributed by atoms with E-state index in [4.69, 9.17) is 5.73 Å². The van der Waals surface area contributed by atoms with E-state index < -0.39 is 0 Å². The minimum Gasteiger partial charge on any atom is -0.329 e. The van der Waals surface area contributed by atoms with Crippen LogP contribution in [0.4, 0.5) is 0 Å². The van der Waals surface area contributed by atoms with Gasteiger partial charge in [-0.3, -0.25) is 4.90 Å². The highest BCUT2D eigenvalue weighted by atomic mass is 35.5. The molecule has 1 fully saturated rings. The third-order valence-electron chi connectivity index (χ3n) is 3.65. The van der Waals surface area contributed by atoms with Gasteiger partial charge in [0.2, 0.25) is 0 Å². The van der Waals surface area contributed by atoms with Crippen LogP contribution in [0.25, 0.3) is 0 Å². The van der Waals surface area contributed by atoms with Gasteiger partial charge in [-0.15, -0.1) is 12.4 Å². The molecular formula is C14H23ClN2. The summed E-state index contributed by atoms with van der Waals surface area (Å²) in [4.78, 5) is 2.42.